The van der Waals surface area contributed by atoms with E-state index in [9.17, 15) is 0 Å². The van der Waals surface area contributed by atoms with Crippen molar-refractivity contribution in [2.24, 2.45) is 4.99 Å². The van der Waals surface area contributed by atoms with E-state index in [4.69, 9.17) is 9.47 Å². The van der Waals surface area contributed by atoms with Gasteiger partial charge in [0, 0.05) is 13.3 Å². The van der Waals surface area contributed by atoms with Crippen LogP contribution in [0.5, 0.6) is 5.75 Å². The van der Waals surface area contributed by atoms with Crippen molar-refractivity contribution in [3.8, 4) is 5.75 Å². The highest BCUT2D eigenvalue weighted by atomic mass is 16.5. The normalized spacial score (nSPS) is 18.1. The summed E-state index contributed by atoms with van der Waals surface area (Å²) in [6.07, 6.45) is 8.96. The van der Waals surface area contributed by atoms with E-state index in [1.54, 1.807) is 20.4 Å². The molecule has 0 saturated heterocycles. The van der Waals surface area contributed by atoms with Crippen LogP contribution in [-0.4, -0.2) is 26.5 Å². The van der Waals surface area contributed by atoms with Crippen molar-refractivity contribution in [2.45, 2.75) is 12.5 Å². The first kappa shape index (κ1) is 14.3. The molecule has 1 aromatic carbocycles. The molecule has 20 heavy (non-hydrogen) atoms. The molecule has 3 heteroatoms. The molecule has 0 aromatic heterocycles. The van der Waals surface area contributed by atoms with E-state index in [2.05, 4.69) is 17.6 Å². The van der Waals surface area contributed by atoms with Crippen LogP contribution in [0, 0.1) is 0 Å². The Hall–Kier alpha value is -2.13. The van der Waals surface area contributed by atoms with Crippen LogP contribution in [0.1, 0.15) is 12.0 Å². The number of rotatable bonds is 5. The average Bonchev–Trinajstić information content (AvgIpc) is 2.53. The molecular weight excluding hydrogens is 250 g/mol. The van der Waals surface area contributed by atoms with Gasteiger partial charge in [0.1, 0.15) is 5.75 Å². The molecule has 104 valence electrons. The number of hydrogen-bond acceptors (Lipinski definition) is 3. The van der Waals surface area contributed by atoms with Gasteiger partial charge in [0.15, 0.2) is 0 Å². The highest BCUT2D eigenvalue weighted by molar-refractivity contribution is 5.81. The molecule has 0 spiro atoms. The maximum Gasteiger partial charge on any atom is 0.118 e. The highest BCUT2D eigenvalue weighted by Crippen LogP contribution is 2.19. The Labute approximate surface area is 119 Å². The van der Waals surface area contributed by atoms with Crippen molar-refractivity contribution in [1.29, 1.82) is 0 Å². The Morgan fingerprint density at radius 1 is 1.30 bits per heavy atom. The molecular formula is C17H19NO2. The molecule has 0 N–H and O–H groups in total. The highest BCUT2D eigenvalue weighted by Gasteiger charge is 2.08. The van der Waals surface area contributed by atoms with Gasteiger partial charge in [-0.05, 0) is 41.8 Å². The molecule has 1 aliphatic rings. The Morgan fingerprint density at radius 3 is 2.60 bits per heavy atom. The SMILES string of the molecule is C=C(N=Cc1ccc(OC)cc1)C1=CCC(OC)C=C1. The lowest BCUT2D eigenvalue weighted by Gasteiger charge is -2.14. The summed E-state index contributed by atoms with van der Waals surface area (Å²) in [5.41, 5.74) is 2.82. The third-order valence-corrected chi connectivity index (χ3v) is 3.18. The Morgan fingerprint density at radius 2 is 2.05 bits per heavy atom. The monoisotopic (exact) mass is 269 g/mol. The first-order valence-electron chi connectivity index (χ1n) is 6.51. The summed E-state index contributed by atoms with van der Waals surface area (Å²) in [6.45, 7) is 4.00. The quantitative estimate of drug-likeness (QED) is 0.766. The largest absolute Gasteiger partial charge is 0.497 e. The number of benzene rings is 1. The van der Waals surface area contributed by atoms with Crippen molar-refractivity contribution in [3.05, 3.63) is 65.9 Å². The predicted molar refractivity (Wildman–Crippen MR) is 82.4 cm³/mol. The summed E-state index contributed by atoms with van der Waals surface area (Å²) in [5, 5.41) is 0. The summed E-state index contributed by atoms with van der Waals surface area (Å²) in [4.78, 5) is 4.40. The molecule has 0 amide bonds. The predicted octanol–water partition coefficient (Wildman–Crippen LogP) is 3.53. The standard InChI is InChI=1S/C17H19NO2/c1-13(15-6-10-17(20-3)11-7-15)18-12-14-4-8-16(19-2)9-5-14/h4-10,12,17H,1,11H2,2-3H3. The zero-order valence-electron chi connectivity index (χ0n) is 11.9. The minimum Gasteiger partial charge on any atom is -0.497 e. The van der Waals surface area contributed by atoms with E-state index >= 15 is 0 Å². The van der Waals surface area contributed by atoms with Gasteiger partial charge in [-0.15, -0.1) is 0 Å². The molecule has 1 aromatic rings. The van der Waals surface area contributed by atoms with E-state index in [0.29, 0.717) is 0 Å². The van der Waals surface area contributed by atoms with Gasteiger partial charge >= 0.3 is 0 Å². The van der Waals surface area contributed by atoms with Gasteiger partial charge in [-0.3, -0.25) is 4.99 Å². The van der Waals surface area contributed by atoms with Crippen LogP contribution in [0.25, 0.3) is 0 Å². The fourth-order valence-corrected chi connectivity index (χ4v) is 1.91. The minimum atomic E-state index is 0.164. The molecule has 2 rings (SSSR count). The van der Waals surface area contributed by atoms with Gasteiger partial charge in [0.25, 0.3) is 0 Å². The van der Waals surface area contributed by atoms with Crippen LogP contribution in [0.2, 0.25) is 0 Å². The van der Waals surface area contributed by atoms with Crippen LogP contribution < -0.4 is 4.74 Å². The van der Waals surface area contributed by atoms with Gasteiger partial charge in [-0.1, -0.05) is 24.8 Å². The summed E-state index contributed by atoms with van der Waals surface area (Å²) >= 11 is 0. The lowest BCUT2D eigenvalue weighted by Crippen LogP contribution is -2.08. The zero-order chi connectivity index (χ0) is 14.4. The first-order chi connectivity index (χ1) is 9.72. The van der Waals surface area contributed by atoms with E-state index in [0.717, 1.165) is 29.0 Å². The van der Waals surface area contributed by atoms with Crippen molar-refractivity contribution >= 4 is 6.21 Å². The number of methoxy groups -OCH3 is 2. The van der Waals surface area contributed by atoms with Crippen LogP contribution in [-0.2, 0) is 4.74 Å². The summed E-state index contributed by atoms with van der Waals surface area (Å²) in [7, 11) is 3.37. The molecule has 0 aliphatic heterocycles. The van der Waals surface area contributed by atoms with E-state index in [1.165, 1.54) is 0 Å². The number of allylic oxidation sites excluding steroid dienone is 1. The third kappa shape index (κ3) is 3.68. The smallest absolute Gasteiger partial charge is 0.118 e. The van der Waals surface area contributed by atoms with Gasteiger partial charge in [-0.2, -0.15) is 0 Å². The van der Waals surface area contributed by atoms with Gasteiger partial charge in [0.05, 0.1) is 18.9 Å². The van der Waals surface area contributed by atoms with Crippen molar-refractivity contribution in [2.75, 3.05) is 14.2 Å². The van der Waals surface area contributed by atoms with Crippen LogP contribution in [0.4, 0.5) is 0 Å². The molecule has 0 fully saturated rings. The Kier molecular flexibility index (Phi) is 4.91. The number of nitrogens with zero attached hydrogens (tertiary/aromatic N) is 1. The van der Waals surface area contributed by atoms with Crippen LogP contribution in [0.3, 0.4) is 0 Å². The van der Waals surface area contributed by atoms with Crippen molar-refractivity contribution < 1.29 is 9.47 Å². The van der Waals surface area contributed by atoms with E-state index < -0.39 is 0 Å². The lowest BCUT2D eigenvalue weighted by molar-refractivity contribution is 0.142. The second-order valence-electron chi connectivity index (χ2n) is 4.51. The van der Waals surface area contributed by atoms with E-state index in [1.807, 2.05) is 36.4 Å². The van der Waals surface area contributed by atoms with Crippen molar-refractivity contribution in [3.63, 3.8) is 0 Å². The minimum absolute atomic E-state index is 0.164. The zero-order valence-corrected chi connectivity index (χ0v) is 11.9. The molecule has 0 heterocycles. The number of ether oxygens (including phenoxy) is 2. The summed E-state index contributed by atoms with van der Waals surface area (Å²) in [6, 6.07) is 7.74. The molecule has 1 aliphatic carbocycles. The maximum absolute atomic E-state index is 5.26. The molecule has 0 bridgehead atoms. The Bertz CT molecular complexity index is 553. The van der Waals surface area contributed by atoms with Gasteiger partial charge in [-0.25, -0.2) is 0 Å². The fourth-order valence-electron chi connectivity index (χ4n) is 1.91. The number of hydrogen-bond donors (Lipinski definition) is 0. The van der Waals surface area contributed by atoms with Crippen molar-refractivity contribution in [1.82, 2.24) is 0 Å². The molecule has 1 atom stereocenters. The topological polar surface area (TPSA) is 30.8 Å². The molecule has 3 nitrogen and oxygen atoms in total. The second kappa shape index (κ2) is 6.87. The number of aliphatic imine (C=N–C) groups is 1. The first-order valence-corrected chi connectivity index (χ1v) is 6.51. The molecule has 1 unspecified atom stereocenters. The van der Waals surface area contributed by atoms with Gasteiger partial charge < -0.3 is 9.47 Å². The molecule has 0 radical (unpaired) electrons. The third-order valence-electron chi connectivity index (χ3n) is 3.18. The Balaban J connectivity index is 1.99. The maximum atomic E-state index is 5.26. The average molecular weight is 269 g/mol. The van der Waals surface area contributed by atoms with E-state index in [-0.39, 0.29) is 6.10 Å². The van der Waals surface area contributed by atoms with Crippen LogP contribution in [0.15, 0.2) is 65.3 Å². The summed E-state index contributed by atoms with van der Waals surface area (Å²) in [5.74, 6) is 0.838. The lowest BCUT2D eigenvalue weighted by atomic mass is 10.0. The fraction of sp³-hybridized carbons (Fsp3) is 0.235. The molecule has 0 saturated carbocycles. The summed E-state index contributed by atoms with van der Waals surface area (Å²) < 4.78 is 10.4. The van der Waals surface area contributed by atoms with Crippen LogP contribution >= 0.6 is 0 Å². The van der Waals surface area contributed by atoms with Gasteiger partial charge in [0.2, 0.25) is 0 Å². The second-order valence-corrected chi connectivity index (χ2v) is 4.51.